The number of hydrogen-bond acceptors (Lipinski definition) is 4. The zero-order valence-corrected chi connectivity index (χ0v) is 14.0. The normalized spacial score (nSPS) is 12.4. The Hall–Kier alpha value is -1.69. The molecule has 2 rings (SSSR count). The smallest absolute Gasteiger partial charge is 0.220 e. The summed E-state index contributed by atoms with van der Waals surface area (Å²) in [5, 5.41) is 10.4. The van der Waals surface area contributed by atoms with Gasteiger partial charge in [-0.05, 0) is 39.7 Å². The Kier molecular flexibility index (Phi) is 4.77. The van der Waals surface area contributed by atoms with Crippen molar-refractivity contribution in [1.29, 1.82) is 0 Å². The third kappa shape index (κ3) is 3.69. The summed E-state index contributed by atoms with van der Waals surface area (Å²) < 4.78 is 1.86. The molecule has 0 bridgehead atoms. The SMILES string of the molecule is Cc1nc(C(C)NC(=O)CCc2c(C)nn(C)c2C)cs1. The van der Waals surface area contributed by atoms with Crippen LogP contribution < -0.4 is 5.32 Å². The number of carbonyl (C=O) groups is 1. The Bertz CT molecular complexity index is 644. The number of nitrogens with zero attached hydrogens (tertiary/aromatic N) is 3. The zero-order valence-electron chi connectivity index (χ0n) is 13.2. The van der Waals surface area contributed by atoms with E-state index in [2.05, 4.69) is 15.4 Å². The molecule has 2 aromatic rings. The fourth-order valence-corrected chi connectivity index (χ4v) is 3.09. The predicted octanol–water partition coefficient (Wildman–Crippen LogP) is 2.61. The average molecular weight is 306 g/mol. The number of hydrogen-bond donors (Lipinski definition) is 1. The molecule has 1 unspecified atom stereocenters. The fourth-order valence-electron chi connectivity index (χ4n) is 2.38. The van der Waals surface area contributed by atoms with Crippen LogP contribution in [0.15, 0.2) is 5.38 Å². The molecule has 6 heteroatoms. The minimum atomic E-state index is -0.0430. The number of rotatable bonds is 5. The van der Waals surface area contributed by atoms with Crippen LogP contribution in [0.1, 0.15) is 47.0 Å². The molecule has 2 aromatic heterocycles. The summed E-state index contributed by atoms with van der Waals surface area (Å²) in [6.07, 6.45) is 1.20. The summed E-state index contributed by atoms with van der Waals surface area (Å²) >= 11 is 1.60. The molecule has 21 heavy (non-hydrogen) atoms. The van der Waals surface area contributed by atoms with Crippen LogP contribution in [0.5, 0.6) is 0 Å². The second-order valence-corrected chi connectivity index (χ2v) is 6.42. The van der Waals surface area contributed by atoms with E-state index < -0.39 is 0 Å². The van der Waals surface area contributed by atoms with Gasteiger partial charge in [-0.25, -0.2) is 4.98 Å². The molecule has 0 aliphatic carbocycles. The van der Waals surface area contributed by atoms with Gasteiger partial charge in [-0.3, -0.25) is 9.48 Å². The summed E-state index contributed by atoms with van der Waals surface area (Å²) in [4.78, 5) is 16.5. The zero-order chi connectivity index (χ0) is 15.6. The average Bonchev–Trinajstić information content (AvgIpc) is 2.94. The van der Waals surface area contributed by atoms with Gasteiger partial charge < -0.3 is 5.32 Å². The number of aromatic nitrogens is 3. The third-order valence-electron chi connectivity index (χ3n) is 3.72. The molecule has 114 valence electrons. The molecule has 0 aromatic carbocycles. The van der Waals surface area contributed by atoms with Crippen molar-refractivity contribution in [2.45, 2.75) is 46.6 Å². The number of nitrogens with one attached hydrogen (secondary N) is 1. The number of amides is 1. The van der Waals surface area contributed by atoms with Crippen molar-refractivity contribution < 1.29 is 4.79 Å². The number of thiazole rings is 1. The molecule has 1 atom stereocenters. The van der Waals surface area contributed by atoms with Gasteiger partial charge in [0.05, 0.1) is 22.4 Å². The Morgan fingerprint density at radius 1 is 1.43 bits per heavy atom. The molecule has 1 amide bonds. The van der Waals surface area contributed by atoms with E-state index in [-0.39, 0.29) is 11.9 Å². The molecule has 2 heterocycles. The Labute approximate surface area is 129 Å². The molecule has 0 fully saturated rings. The first kappa shape index (κ1) is 15.7. The second kappa shape index (κ2) is 6.39. The Morgan fingerprint density at radius 3 is 2.67 bits per heavy atom. The monoisotopic (exact) mass is 306 g/mol. The summed E-state index contributed by atoms with van der Waals surface area (Å²) in [7, 11) is 1.93. The first-order chi connectivity index (χ1) is 9.88. The Balaban J connectivity index is 1.90. The van der Waals surface area contributed by atoms with Crippen molar-refractivity contribution in [3.8, 4) is 0 Å². The van der Waals surface area contributed by atoms with Crippen LogP contribution in [0.2, 0.25) is 0 Å². The fraction of sp³-hybridized carbons (Fsp3) is 0.533. The maximum atomic E-state index is 12.1. The lowest BCUT2D eigenvalue weighted by molar-refractivity contribution is -0.121. The van der Waals surface area contributed by atoms with Crippen molar-refractivity contribution in [2.75, 3.05) is 0 Å². The minimum Gasteiger partial charge on any atom is -0.348 e. The van der Waals surface area contributed by atoms with Gasteiger partial charge in [0.25, 0.3) is 0 Å². The van der Waals surface area contributed by atoms with Crippen molar-refractivity contribution >= 4 is 17.2 Å². The molecule has 0 saturated carbocycles. The van der Waals surface area contributed by atoms with E-state index in [1.807, 2.05) is 44.8 Å². The third-order valence-corrected chi connectivity index (χ3v) is 4.51. The molecule has 0 aliphatic heterocycles. The molecule has 0 saturated heterocycles. The highest BCUT2D eigenvalue weighted by atomic mass is 32.1. The lowest BCUT2D eigenvalue weighted by atomic mass is 10.1. The van der Waals surface area contributed by atoms with Gasteiger partial charge in [0.2, 0.25) is 5.91 Å². The van der Waals surface area contributed by atoms with E-state index in [0.717, 1.165) is 28.5 Å². The van der Waals surface area contributed by atoms with E-state index in [9.17, 15) is 4.79 Å². The molecule has 1 N–H and O–H groups in total. The van der Waals surface area contributed by atoms with E-state index in [4.69, 9.17) is 0 Å². The highest BCUT2D eigenvalue weighted by Gasteiger charge is 2.14. The highest BCUT2D eigenvalue weighted by Crippen LogP contribution is 2.17. The first-order valence-corrected chi connectivity index (χ1v) is 7.97. The van der Waals surface area contributed by atoms with Gasteiger partial charge >= 0.3 is 0 Å². The second-order valence-electron chi connectivity index (χ2n) is 5.35. The molecule has 0 aliphatic rings. The lowest BCUT2D eigenvalue weighted by Crippen LogP contribution is -2.27. The molecule has 5 nitrogen and oxygen atoms in total. The van der Waals surface area contributed by atoms with Crippen molar-refractivity contribution in [3.63, 3.8) is 0 Å². The molecule has 0 spiro atoms. The van der Waals surface area contributed by atoms with E-state index in [0.29, 0.717) is 6.42 Å². The quantitative estimate of drug-likeness (QED) is 0.923. The van der Waals surface area contributed by atoms with Crippen LogP contribution in [0.4, 0.5) is 0 Å². The summed E-state index contributed by atoms with van der Waals surface area (Å²) in [5.41, 5.74) is 4.24. The number of aryl methyl sites for hydroxylation is 3. The van der Waals surface area contributed by atoms with Gasteiger partial charge in [0.1, 0.15) is 0 Å². The van der Waals surface area contributed by atoms with Gasteiger partial charge in [0, 0.05) is 24.5 Å². The minimum absolute atomic E-state index is 0.0430. The maximum Gasteiger partial charge on any atom is 0.220 e. The van der Waals surface area contributed by atoms with Crippen LogP contribution in [0.3, 0.4) is 0 Å². The predicted molar refractivity (Wildman–Crippen MR) is 84.4 cm³/mol. The van der Waals surface area contributed by atoms with Gasteiger partial charge in [0.15, 0.2) is 0 Å². The van der Waals surface area contributed by atoms with Gasteiger partial charge in [-0.1, -0.05) is 0 Å². The summed E-state index contributed by atoms with van der Waals surface area (Å²) in [5.74, 6) is 0.0517. The highest BCUT2D eigenvalue weighted by molar-refractivity contribution is 7.09. The van der Waals surface area contributed by atoms with Gasteiger partial charge in [-0.15, -0.1) is 11.3 Å². The van der Waals surface area contributed by atoms with Crippen molar-refractivity contribution in [1.82, 2.24) is 20.1 Å². The first-order valence-electron chi connectivity index (χ1n) is 7.09. The van der Waals surface area contributed by atoms with Crippen LogP contribution in [-0.2, 0) is 18.3 Å². The van der Waals surface area contributed by atoms with E-state index in [1.165, 1.54) is 5.56 Å². The molecular formula is C15H22N4OS. The topological polar surface area (TPSA) is 59.8 Å². The molecule has 0 radical (unpaired) electrons. The Morgan fingerprint density at radius 2 is 2.14 bits per heavy atom. The van der Waals surface area contributed by atoms with Crippen LogP contribution in [-0.4, -0.2) is 20.7 Å². The van der Waals surface area contributed by atoms with Gasteiger partial charge in [-0.2, -0.15) is 5.10 Å². The summed E-state index contributed by atoms with van der Waals surface area (Å²) in [6.45, 7) is 7.96. The van der Waals surface area contributed by atoms with Crippen LogP contribution in [0.25, 0.3) is 0 Å². The van der Waals surface area contributed by atoms with Crippen molar-refractivity contribution in [2.24, 2.45) is 7.05 Å². The number of carbonyl (C=O) groups excluding carboxylic acids is 1. The van der Waals surface area contributed by atoms with Crippen LogP contribution >= 0.6 is 11.3 Å². The largest absolute Gasteiger partial charge is 0.348 e. The van der Waals surface area contributed by atoms with E-state index in [1.54, 1.807) is 11.3 Å². The summed E-state index contributed by atoms with van der Waals surface area (Å²) in [6, 6.07) is -0.0430. The van der Waals surface area contributed by atoms with E-state index >= 15 is 0 Å². The lowest BCUT2D eigenvalue weighted by Gasteiger charge is -2.11. The maximum absolute atomic E-state index is 12.1. The molecular weight excluding hydrogens is 284 g/mol. The van der Waals surface area contributed by atoms with Crippen LogP contribution in [0, 0.1) is 20.8 Å². The van der Waals surface area contributed by atoms with Crippen molar-refractivity contribution in [3.05, 3.63) is 33.0 Å². The standard InChI is InChI=1S/C15H22N4OS/c1-9-13(11(3)19(5)18-9)6-7-15(20)16-10(2)14-8-21-12(4)17-14/h8,10H,6-7H2,1-5H3,(H,16,20).